The smallest absolute Gasteiger partial charge is 0.301 e. The number of aromatic nitrogens is 1. The van der Waals surface area contributed by atoms with E-state index in [1.54, 1.807) is 36.4 Å². The van der Waals surface area contributed by atoms with Crippen molar-refractivity contribution in [1.29, 1.82) is 0 Å². The molecule has 0 aliphatic carbocycles. The normalized spacial score (nSPS) is 17.3. The first-order valence-electron chi connectivity index (χ1n) is 10.9. The summed E-state index contributed by atoms with van der Waals surface area (Å²) in [6.45, 7) is 3.94. The van der Waals surface area contributed by atoms with E-state index in [0.29, 0.717) is 22.0 Å². The lowest BCUT2D eigenvalue weighted by atomic mass is 9.95. The molecule has 4 aromatic rings. The first kappa shape index (κ1) is 22.6. The van der Waals surface area contributed by atoms with Crippen molar-refractivity contribution < 1.29 is 24.5 Å². The summed E-state index contributed by atoms with van der Waals surface area (Å²) in [5, 5.41) is 21.4. The molecule has 0 saturated carbocycles. The van der Waals surface area contributed by atoms with Crippen LogP contribution in [0.25, 0.3) is 16.0 Å². The van der Waals surface area contributed by atoms with Crippen molar-refractivity contribution >= 4 is 44.1 Å². The second-order valence-electron chi connectivity index (χ2n) is 8.42. The van der Waals surface area contributed by atoms with Gasteiger partial charge in [-0.25, -0.2) is 4.98 Å². The highest BCUT2D eigenvalue weighted by Crippen LogP contribution is 2.45. The van der Waals surface area contributed by atoms with Crippen molar-refractivity contribution in [1.82, 2.24) is 4.98 Å². The second-order valence-corrected chi connectivity index (χ2v) is 9.43. The Kier molecular flexibility index (Phi) is 5.53. The van der Waals surface area contributed by atoms with Crippen molar-refractivity contribution in [2.75, 3.05) is 12.0 Å². The number of hydrogen-bond acceptors (Lipinski definition) is 7. The Balaban J connectivity index is 1.74. The fourth-order valence-electron chi connectivity index (χ4n) is 4.39. The molecule has 0 radical (unpaired) electrons. The van der Waals surface area contributed by atoms with Crippen LogP contribution in [0.5, 0.6) is 11.5 Å². The third-order valence-corrected chi connectivity index (χ3v) is 7.02. The third kappa shape index (κ3) is 3.81. The van der Waals surface area contributed by atoms with Gasteiger partial charge in [-0.3, -0.25) is 14.5 Å². The number of carbonyl (C=O) groups excluding carboxylic acids is 2. The number of ketones is 1. The largest absolute Gasteiger partial charge is 0.508 e. The lowest BCUT2D eigenvalue weighted by Gasteiger charge is -2.23. The zero-order valence-electron chi connectivity index (χ0n) is 19.3. The summed E-state index contributed by atoms with van der Waals surface area (Å²) in [6.07, 6.45) is 0. The van der Waals surface area contributed by atoms with Crippen molar-refractivity contribution in [3.05, 3.63) is 88.5 Å². The van der Waals surface area contributed by atoms with Crippen LogP contribution in [0, 0.1) is 13.8 Å². The van der Waals surface area contributed by atoms with Gasteiger partial charge >= 0.3 is 5.91 Å². The van der Waals surface area contributed by atoms with Crippen LogP contribution in [0.2, 0.25) is 0 Å². The molecule has 35 heavy (non-hydrogen) atoms. The highest BCUT2D eigenvalue weighted by molar-refractivity contribution is 7.22. The van der Waals surface area contributed by atoms with Crippen molar-refractivity contribution in [3.8, 4) is 11.5 Å². The maximum Gasteiger partial charge on any atom is 0.301 e. The molecule has 1 aliphatic rings. The number of carbonyl (C=O) groups is 2. The number of amides is 1. The topological polar surface area (TPSA) is 100.0 Å². The number of aromatic hydroxyl groups is 1. The van der Waals surface area contributed by atoms with Crippen LogP contribution in [-0.4, -0.2) is 34.0 Å². The molecule has 5 rings (SSSR count). The van der Waals surface area contributed by atoms with Gasteiger partial charge in [0.2, 0.25) is 0 Å². The Hall–Kier alpha value is -4.17. The van der Waals surface area contributed by atoms with Crippen LogP contribution in [0.3, 0.4) is 0 Å². The molecule has 7 nitrogen and oxygen atoms in total. The number of nitrogens with zero attached hydrogens (tertiary/aromatic N) is 2. The summed E-state index contributed by atoms with van der Waals surface area (Å²) in [7, 11) is 1.51. The molecule has 1 amide bonds. The van der Waals surface area contributed by atoms with Crippen LogP contribution in [0.15, 0.2) is 66.2 Å². The van der Waals surface area contributed by atoms with E-state index in [0.717, 1.165) is 21.3 Å². The molecule has 1 aromatic heterocycles. The standard InChI is InChI=1S/C27H22N2O5S/c1-14-11-15(2)22-20(12-14)35-27(28-22)29-23(16-7-9-18(30)10-8-16)21(25(32)26(29)33)24(31)17-5-4-6-19(13-17)34-3/h4-13,23,30-31H,1-3H3/b24-21+. The fourth-order valence-corrected chi connectivity index (χ4v) is 5.56. The molecule has 0 bridgehead atoms. The Morgan fingerprint density at radius 1 is 1.06 bits per heavy atom. The first-order chi connectivity index (χ1) is 16.8. The van der Waals surface area contributed by atoms with Gasteiger partial charge < -0.3 is 14.9 Å². The minimum atomic E-state index is -0.927. The maximum absolute atomic E-state index is 13.4. The van der Waals surface area contributed by atoms with Gasteiger partial charge in [-0.1, -0.05) is 41.7 Å². The number of benzene rings is 3. The monoisotopic (exact) mass is 486 g/mol. The van der Waals surface area contributed by atoms with E-state index in [2.05, 4.69) is 0 Å². The number of aliphatic hydroxyl groups is 1. The summed E-state index contributed by atoms with van der Waals surface area (Å²) < 4.78 is 6.15. The zero-order valence-corrected chi connectivity index (χ0v) is 20.1. The second kappa shape index (κ2) is 8.56. The molecule has 1 unspecified atom stereocenters. The lowest BCUT2D eigenvalue weighted by molar-refractivity contribution is -0.132. The summed E-state index contributed by atoms with van der Waals surface area (Å²) in [5.41, 5.74) is 3.65. The number of aliphatic hydroxyl groups excluding tert-OH is 1. The molecule has 1 saturated heterocycles. The highest BCUT2D eigenvalue weighted by Gasteiger charge is 2.48. The number of fused-ring (bicyclic) bond motifs is 1. The molecule has 3 aromatic carbocycles. The number of phenols is 1. The van der Waals surface area contributed by atoms with Crippen LogP contribution < -0.4 is 9.64 Å². The van der Waals surface area contributed by atoms with E-state index in [1.165, 1.54) is 35.5 Å². The van der Waals surface area contributed by atoms with Gasteiger partial charge in [0.15, 0.2) is 5.13 Å². The predicted molar refractivity (Wildman–Crippen MR) is 135 cm³/mol. The maximum atomic E-state index is 13.4. The molecule has 1 atom stereocenters. The van der Waals surface area contributed by atoms with E-state index >= 15 is 0 Å². The molecule has 8 heteroatoms. The van der Waals surface area contributed by atoms with Crippen molar-refractivity contribution in [2.24, 2.45) is 0 Å². The summed E-state index contributed by atoms with van der Waals surface area (Å²) in [4.78, 5) is 32.7. The van der Waals surface area contributed by atoms with E-state index in [4.69, 9.17) is 9.72 Å². The number of thiazole rings is 1. The summed E-state index contributed by atoms with van der Waals surface area (Å²) in [5.74, 6) is -1.35. The molecule has 1 aliphatic heterocycles. The molecule has 1 fully saturated rings. The first-order valence-corrected chi connectivity index (χ1v) is 11.7. The van der Waals surface area contributed by atoms with Crippen LogP contribution in [-0.2, 0) is 9.59 Å². The van der Waals surface area contributed by atoms with Gasteiger partial charge in [0.25, 0.3) is 5.78 Å². The number of Topliss-reactive ketones (excluding diaryl/α,β-unsaturated/α-hetero) is 1. The number of aryl methyl sites for hydroxylation is 2. The molecule has 2 heterocycles. The van der Waals surface area contributed by atoms with E-state index in [1.807, 2.05) is 26.0 Å². The fraction of sp³-hybridized carbons (Fsp3) is 0.148. The zero-order chi connectivity index (χ0) is 24.9. The number of anilines is 1. The average Bonchev–Trinajstić information content (AvgIpc) is 3.38. The van der Waals surface area contributed by atoms with Gasteiger partial charge in [-0.2, -0.15) is 0 Å². The Morgan fingerprint density at radius 2 is 1.80 bits per heavy atom. The van der Waals surface area contributed by atoms with E-state index in [-0.39, 0.29) is 17.1 Å². The number of rotatable bonds is 4. The quantitative estimate of drug-likeness (QED) is 0.232. The Morgan fingerprint density at radius 3 is 2.51 bits per heavy atom. The molecule has 176 valence electrons. The predicted octanol–water partition coefficient (Wildman–Crippen LogP) is 5.25. The average molecular weight is 487 g/mol. The number of ether oxygens (including phenoxy) is 1. The van der Waals surface area contributed by atoms with Gasteiger partial charge in [-0.05, 0) is 60.9 Å². The number of phenolic OH excluding ortho intramolecular Hbond substituents is 1. The molecule has 2 N–H and O–H groups in total. The van der Waals surface area contributed by atoms with E-state index < -0.39 is 17.7 Å². The summed E-state index contributed by atoms with van der Waals surface area (Å²) >= 11 is 1.31. The SMILES string of the molecule is COc1cccc(/C(O)=C2\C(=O)C(=O)N(c3nc4c(C)cc(C)cc4s3)C2c2ccc(O)cc2)c1. The van der Waals surface area contributed by atoms with Crippen molar-refractivity contribution in [3.63, 3.8) is 0 Å². The Bertz CT molecular complexity index is 1520. The lowest BCUT2D eigenvalue weighted by Crippen LogP contribution is -2.29. The highest BCUT2D eigenvalue weighted by atomic mass is 32.1. The van der Waals surface area contributed by atoms with E-state index in [9.17, 15) is 19.8 Å². The van der Waals surface area contributed by atoms with Crippen LogP contribution in [0.1, 0.15) is 28.3 Å². The van der Waals surface area contributed by atoms with Gasteiger partial charge in [0.1, 0.15) is 17.3 Å². The third-order valence-electron chi connectivity index (χ3n) is 6.02. The van der Waals surface area contributed by atoms with Gasteiger partial charge in [0, 0.05) is 5.56 Å². The van der Waals surface area contributed by atoms with Crippen LogP contribution >= 0.6 is 11.3 Å². The number of hydrogen-bond donors (Lipinski definition) is 2. The van der Waals surface area contributed by atoms with Gasteiger partial charge in [-0.15, -0.1) is 0 Å². The minimum absolute atomic E-state index is 0.0459. The van der Waals surface area contributed by atoms with Crippen molar-refractivity contribution in [2.45, 2.75) is 19.9 Å². The Labute approximate surface area is 205 Å². The summed E-state index contributed by atoms with van der Waals surface area (Å²) in [6, 6.07) is 15.9. The van der Waals surface area contributed by atoms with Gasteiger partial charge in [0.05, 0.1) is 28.9 Å². The molecular formula is C27H22N2O5S. The molecular weight excluding hydrogens is 464 g/mol. The molecule has 0 spiro atoms. The van der Waals surface area contributed by atoms with Crippen LogP contribution in [0.4, 0.5) is 5.13 Å². The number of methoxy groups -OCH3 is 1. The minimum Gasteiger partial charge on any atom is -0.508 e.